The van der Waals surface area contributed by atoms with Crippen LogP contribution in [0.25, 0.3) is 0 Å². The molecule has 1 saturated carbocycles. The zero-order valence-corrected chi connectivity index (χ0v) is 11.3. The van der Waals surface area contributed by atoms with Crippen molar-refractivity contribution < 1.29 is 0 Å². The number of nitrogens with one attached hydrogen (secondary N) is 1. The van der Waals surface area contributed by atoms with Crippen LogP contribution in [-0.2, 0) is 0 Å². The summed E-state index contributed by atoms with van der Waals surface area (Å²) in [7, 11) is 0. The van der Waals surface area contributed by atoms with Crippen LogP contribution in [-0.4, -0.2) is 18.8 Å². The summed E-state index contributed by atoms with van der Waals surface area (Å²) in [5, 5.41) is 3.66. The smallest absolute Gasteiger partial charge is 0.0353 e. The molecule has 3 N–H and O–H groups in total. The van der Waals surface area contributed by atoms with Crippen LogP contribution in [0.2, 0.25) is 0 Å². The highest BCUT2D eigenvalue weighted by molar-refractivity contribution is 7.98. The first-order valence-electron chi connectivity index (χ1n) is 6.44. The van der Waals surface area contributed by atoms with E-state index in [9.17, 15) is 0 Å². The first-order chi connectivity index (χ1) is 8.33. The molecule has 2 rings (SSSR count). The molecule has 1 fully saturated rings. The topological polar surface area (TPSA) is 38.0 Å². The van der Waals surface area contributed by atoms with Crippen LogP contribution in [0.15, 0.2) is 29.2 Å². The molecule has 0 radical (unpaired) electrons. The molecule has 3 heteroatoms. The molecule has 17 heavy (non-hydrogen) atoms. The molecule has 0 amide bonds. The minimum Gasteiger partial charge on any atom is -0.382 e. The van der Waals surface area contributed by atoms with Crippen LogP contribution >= 0.6 is 11.8 Å². The van der Waals surface area contributed by atoms with Gasteiger partial charge in [0, 0.05) is 16.6 Å². The molecule has 1 aliphatic carbocycles. The molecule has 2 unspecified atom stereocenters. The summed E-state index contributed by atoms with van der Waals surface area (Å²) >= 11 is 1.79. The van der Waals surface area contributed by atoms with E-state index in [2.05, 4.69) is 35.8 Å². The van der Waals surface area contributed by atoms with Gasteiger partial charge in [-0.2, -0.15) is 0 Å². The Morgan fingerprint density at radius 2 is 2.18 bits per heavy atom. The Labute approximate surface area is 108 Å². The van der Waals surface area contributed by atoms with E-state index in [1.165, 1.54) is 36.3 Å². The van der Waals surface area contributed by atoms with Crippen LogP contribution < -0.4 is 11.1 Å². The summed E-state index contributed by atoms with van der Waals surface area (Å²) in [5.41, 5.74) is 7.10. The highest BCUT2D eigenvalue weighted by atomic mass is 32.2. The Kier molecular flexibility index (Phi) is 4.75. The maximum absolute atomic E-state index is 5.86. The van der Waals surface area contributed by atoms with Gasteiger partial charge in [-0.25, -0.2) is 0 Å². The molecule has 94 valence electrons. The van der Waals surface area contributed by atoms with Gasteiger partial charge in [-0.3, -0.25) is 0 Å². The molecule has 0 bridgehead atoms. The molecule has 2 nitrogen and oxygen atoms in total. The van der Waals surface area contributed by atoms with Gasteiger partial charge in [0.25, 0.3) is 0 Å². The van der Waals surface area contributed by atoms with E-state index in [0.717, 1.165) is 6.54 Å². The third kappa shape index (κ3) is 3.39. The lowest BCUT2D eigenvalue weighted by Crippen LogP contribution is -2.36. The predicted octanol–water partition coefficient (Wildman–Crippen LogP) is 3.34. The summed E-state index contributed by atoms with van der Waals surface area (Å²) in [6, 6.07) is 9.21. The standard InChI is InChI=1S/C14H22N2S/c1-17-13-7-4-6-12(9-13)16-14-8-3-2-5-11(14)10-15/h4,6-7,9,11,14,16H,2-3,5,8,10,15H2,1H3. The van der Waals surface area contributed by atoms with Gasteiger partial charge < -0.3 is 11.1 Å². The van der Waals surface area contributed by atoms with Gasteiger partial charge in [0.05, 0.1) is 0 Å². The minimum atomic E-state index is 0.561. The Hall–Kier alpha value is -0.670. The van der Waals surface area contributed by atoms with Crippen molar-refractivity contribution in [2.24, 2.45) is 11.7 Å². The number of nitrogens with two attached hydrogens (primary N) is 1. The Bertz CT molecular complexity index is 354. The molecule has 2 atom stereocenters. The van der Waals surface area contributed by atoms with Crippen molar-refractivity contribution in [2.75, 3.05) is 18.1 Å². The second-order valence-corrected chi connectivity index (χ2v) is 5.64. The number of benzene rings is 1. The highest BCUT2D eigenvalue weighted by Crippen LogP contribution is 2.27. The fourth-order valence-corrected chi connectivity index (χ4v) is 3.07. The van der Waals surface area contributed by atoms with E-state index in [0.29, 0.717) is 12.0 Å². The van der Waals surface area contributed by atoms with Crippen molar-refractivity contribution in [1.29, 1.82) is 0 Å². The zero-order chi connectivity index (χ0) is 12.1. The average Bonchev–Trinajstić information content (AvgIpc) is 2.39. The number of rotatable bonds is 4. The number of anilines is 1. The quantitative estimate of drug-likeness (QED) is 0.805. The predicted molar refractivity (Wildman–Crippen MR) is 76.6 cm³/mol. The van der Waals surface area contributed by atoms with Gasteiger partial charge in [-0.05, 0) is 49.8 Å². The van der Waals surface area contributed by atoms with Crippen LogP contribution in [0.5, 0.6) is 0 Å². The van der Waals surface area contributed by atoms with Gasteiger partial charge in [0.1, 0.15) is 0 Å². The second-order valence-electron chi connectivity index (χ2n) is 4.76. The van der Waals surface area contributed by atoms with Gasteiger partial charge in [0.15, 0.2) is 0 Å². The SMILES string of the molecule is CSc1cccc(NC2CCCCC2CN)c1. The number of thioether (sulfide) groups is 1. The fourth-order valence-electron chi connectivity index (χ4n) is 2.61. The van der Waals surface area contributed by atoms with E-state index in [4.69, 9.17) is 5.73 Å². The van der Waals surface area contributed by atoms with Crippen molar-refractivity contribution in [3.63, 3.8) is 0 Å². The first-order valence-corrected chi connectivity index (χ1v) is 7.66. The summed E-state index contributed by atoms with van der Waals surface area (Å²) in [4.78, 5) is 1.31. The van der Waals surface area contributed by atoms with Gasteiger partial charge >= 0.3 is 0 Å². The third-order valence-corrected chi connectivity index (χ3v) is 4.36. The first kappa shape index (κ1) is 12.8. The molecule has 1 aromatic carbocycles. The Morgan fingerprint density at radius 1 is 1.35 bits per heavy atom. The fraction of sp³-hybridized carbons (Fsp3) is 0.571. The maximum Gasteiger partial charge on any atom is 0.0353 e. The van der Waals surface area contributed by atoms with Gasteiger partial charge in [-0.1, -0.05) is 18.9 Å². The number of hydrogen-bond donors (Lipinski definition) is 2. The minimum absolute atomic E-state index is 0.561. The average molecular weight is 250 g/mol. The molecular weight excluding hydrogens is 228 g/mol. The lowest BCUT2D eigenvalue weighted by molar-refractivity contribution is 0.332. The largest absolute Gasteiger partial charge is 0.382 e. The summed E-state index contributed by atoms with van der Waals surface area (Å²) < 4.78 is 0. The lowest BCUT2D eigenvalue weighted by Gasteiger charge is -2.32. The molecule has 0 spiro atoms. The van der Waals surface area contributed by atoms with E-state index >= 15 is 0 Å². The summed E-state index contributed by atoms with van der Waals surface area (Å²) in [6.45, 7) is 0.805. The molecule has 1 aliphatic rings. The van der Waals surface area contributed by atoms with Gasteiger partial charge in [0.2, 0.25) is 0 Å². The van der Waals surface area contributed by atoms with Crippen molar-refractivity contribution in [3.05, 3.63) is 24.3 Å². The van der Waals surface area contributed by atoms with Crippen LogP contribution in [0.4, 0.5) is 5.69 Å². The Morgan fingerprint density at radius 3 is 2.94 bits per heavy atom. The van der Waals surface area contributed by atoms with Gasteiger partial charge in [-0.15, -0.1) is 11.8 Å². The molecule has 0 aliphatic heterocycles. The molecule has 1 aromatic rings. The van der Waals surface area contributed by atoms with E-state index < -0.39 is 0 Å². The maximum atomic E-state index is 5.86. The molecule has 0 aromatic heterocycles. The number of hydrogen-bond acceptors (Lipinski definition) is 3. The normalized spacial score (nSPS) is 24.6. The van der Waals surface area contributed by atoms with Crippen LogP contribution in [0, 0.1) is 5.92 Å². The van der Waals surface area contributed by atoms with E-state index in [-0.39, 0.29) is 0 Å². The van der Waals surface area contributed by atoms with Crippen LogP contribution in [0.3, 0.4) is 0 Å². The molecule has 0 heterocycles. The molecular formula is C14H22N2S. The summed E-state index contributed by atoms with van der Waals surface area (Å²) in [5.74, 6) is 0.640. The Balaban J connectivity index is 2.02. The summed E-state index contributed by atoms with van der Waals surface area (Å²) in [6.07, 6.45) is 7.31. The van der Waals surface area contributed by atoms with E-state index in [1.807, 2.05) is 0 Å². The van der Waals surface area contributed by atoms with Crippen molar-refractivity contribution >= 4 is 17.4 Å². The third-order valence-electron chi connectivity index (χ3n) is 3.63. The lowest BCUT2D eigenvalue weighted by atomic mass is 9.84. The van der Waals surface area contributed by atoms with Crippen molar-refractivity contribution in [2.45, 2.75) is 36.6 Å². The highest BCUT2D eigenvalue weighted by Gasteiger charge is 2.23. The second kappa shape index (κ2) is 6.31. The van der Waals surface area contributed by atoms with E-state index in [1.54, 1.807) is 11.8 Å². The van der Waals surface area contributed by atoms with Crippen molar-refractivity contribution in [3.8, 4) is 0 Å². The van der Waals surface area contributed by atoms with Crippen molar-refractivity contribution in [1.82, 2.24) is 0 Å². The molecule has 0 saturated heterocycles. The monoisotopic (exact) mass is 250 g/mol. The zero-order valence-electron chi connectivity index (χ0n) is 10.5. The van der Waals surface area contributed by atoms with Crippen LogP contribution in [0.1, 0.15) is 25.7 Å².